The molecule has 5 nitrogen and oxygen atoms in total. The summed E-state index contributed by atoms with van der Waals surface area (Å²) < 4.78 is 5.25. The lowest BCUT2D eigenvalue weighted by Gasteiger charge is -2.12. The molecule has 6 heteroatoms. The zero-order valence-electron chi connectivity index (χ0n) is 13.9. The van der Waals surface area contributed by atoms with Gasteiger partial charge in [0.05, 0.1) is 12.8 Å². The number of rotatable bonds is 5. The first-order chi connectivity index (χ1) is 12.2. The Morgan fingerprint density at radius 2 is 1.88 bits per heavy atom. The van der Waals surface area contributed by atoms with Gasteiger partial charge in [-0.1, -0.05) is 48.2 Å². The molecule has 2 aromatic carbocycles. The normalized spacial score (nSPS) is 10.1. The lowest BCUT2D eigenvalue weighted by Crippen LogP contribution is -2.03. The SMILES string of the molecule is COc1cccc(Nc2nc(SC)nc(-c3ccccc3)c2C#N)c1. The molecule has 0 fully saturated rings. The molecule has 0 bridgehead atoms. The zero-order valence-corrected chi connectivity index (χ0v) is 14.7. The smallest absolute Gasteiger partial charge is 0.189 e. The van der Waals surface area contributed by atoms with E-state index in [-0.39, 0.29) is 0 Å². The van der Waals surface area contributed by atoms with Crippen LogP contribution >= 0.6 is 11.8 Å². The van der Waals surface area contributed by atoms with Crippen molar-refractivity contribution in [2.45, 2.75) is 5.16 Å². The highest BCUT2D eigenvalue weighted by Crippen LogP contribution is 2.30. The summed E-state index contributed by atoms with van der Waals surface area (Å²) in [6.07, 6.45) is 1.91. The van der Waals surface area contributed by atoms with E-state index in [1.54, 1.807) is 7.11 Å². The van der Waals surface area contributed by atoms with Gasteiger partial charge in [-0.05, 0) is 18.4 Å². The van der Waals surface area contributed by atoms with Gasteiger partial charge in [0.25, 0.3) is 0 Å². The lowest BCUT2D eigenvalue weighted by atomic mass is 10.1. The minimum absolute atomic E-state index is 0.409. The predicted octanol–water partition coefficient (Wildman–Crippen LogP) is 4.49. The Labute approximate surface area is 150 Å². The third kappa shape index (κ3) is 3.73. The van der Waals surface area contributed by atoms with Crippen molar-refractivity contribution >= 4 is 23.3 Å². The van der Waals surface area contributed by atoms with Crippen molar-refractivity contribution < 1.29 is 4.74 Å². The Hall–Kier alpha value is -3.04. The van der Waals surface area contributed by atoms with Crippen LogP contribution in [0, 0.1) is 11.3 Å². The van der Waals surface area contributed by atoms with Gasteiger partial charge in [0.2, 0.25) is 0 Å². The first-order valence-corrected chi connectivity index (χ1v) is 8.80. The molecule has 3 rings (SSSR count). The number of anilines is 2. The number of methoxy groups -OCH3 is 1. The van der Waals surface area contributed by atoms with Crippen LogP contribution in [0.1, 0.15) is 5.56 Å². The van der Waals surface area contributed by atoms with E-state index in [4.69, 9.17) is 4.74 Å². The Morgan fingerprint density at radius 1 is 1.08 bits per heavy atom. The molecule has 1 heterocycles. The summed E-state index contributed by atoms with van der Waals surface area (Å²) in [4.78, 5) is 9.01. The second-order valence-corrected chi connectivity index (χ2v) is 5.89. The summed E-state index contributed by atoms with van der Waals surface area (Å²) in [7, 11) is 1.61. The van der Waals surface area contributed by atoms with Crippen LogP contribution in [0.3, 0.4) is 0 Å². The van der Waals surface area contributed by atoms with E-state index in [1.807, 2.05) is 60.9 Å². The molecule has 25 heavy (non-hydrogen) atoms. The number of hydrogen-bond donors (Lipinski definition) is 1. The van der Waals surface area contributed by atoms with Crippen molar-refractivity contribution in [1.82, 2.24) is 9.97 Å². The molecule has 0 unspecified atom stereocenters. The summed E-state index contributed by atoms with van der Waals surface area (Å²) in [5, 5.41) is 13.5. The summed E-state index contributed by atoms with van der Waals surface area (Å²) in [5.74, 6) is 1.21. The molecular weight excluding hydrogens is 332 g/mol. The van der Waals surface area contributed by atoms with Gasteiger partial charge in [-0.3, -0.25) is 0 Å². The number of benzene rings is 2. The molecule has 0 saturated heterocycles. The lowest BCUT2D eigenvalue weighted by molar-refractivity contribution is 0.415. The predicted molar refractivity (Wildman–Crippen MR) is 100 cm³/mol. The molecule has 0 aliphatic carbocycles. The summed E-state index contributed by atoms with van der Waals surface area (Å²) in [6, 6.07) is 19.4. The quantitative estimate of drug-likeness (QED) is 0.541. The van der Waals surface area contributed by atoms with E-state index < -0.39 is 0 Å². The summed E-state index contributed by atoms with van der Waals surface area (Å²) in [5.41, 5.74) is 2.70. The fourth-order valence-electron chi connectivity index (χ4n) is 2.37. The van der Waals surface area contributed by atoms with Crippen LogP contribution < -0.4 is 10.1 Å². The van der Waals surface area contributed by atoms with Crippen molar-refractivity contribution in [1.29, 1.82) is 5.26 Å². The molecule has 0 radical (unpaired) electrons. The first-order valence-electron chi connectivity index (χ1n) is 7.57. The fraction of sp³-hybridized carbons (Fsp3) is 0.105. The number of nitriles is 1. The molecule has 0 aliphatic heterocycles. The fourth-order valence-corrected chi connectivity index (χ4v) is 2.74. The van der Waals surface area contributed by atoms with Crippen LogP contribution in [-0.2, 0) is 0 Å². The minimum atomic E-state index is 0.409. The molecular formula is C19H16N4OS. The molecule has 0 amide bonds. The van der Waals surface area contributed by atoms with Crippen molar-refractivity contribution in [2.24, 2.45) is 0 Å². The molecule has 0 atom stereocenters. The minimum Gasteiger partial charge on any atom is -0.497 e. The average Bonchev–Trinajstić information content (AvgIpc) is 2.68. The maximum Gasteiger partial charge on any atom is 0.189 e. The molecule has 0 aliphatic rings. The Bertz CT molecular complexity index is 922. The van der Waals surface area contributed by atoms with Crippen LogP contribution in [0.5, 0.6) is 5.75 Å². The van der Waals surface area contributed by atoms with E-state index in [2.05, 4.69) is 21.4 Å². The maximum absolute atomic E-state index is 9.70. The monoisotopic (exact) mass is 348 g/mol. The van der Waals surface area contributed by atoms with Crippen molar-refractivity contribution in [2.75, 3.05) is 18.7 Å². The van der Waals surface area contributed by atoms with Gasteiger partial charge in [-0.25, -0.2) is 9.97 Å². The Balaban J connectivity index is 2.11. The number of aromatic nitrogens is 2. The van der Waals surface area contributed by atoms with Crippen LogP contribution in [0.15, 0.2) is 59.8 Å². The standard InChI is InChI=1S/C19H16N4OS/c1-24-15-10-6-9-14(11-15)21-18-16(12-20)17(22-19(23-18)25-2)13-7-4-3-5-8-13/h3-11H,1-2H3,(H,21,22,23). The molecule has 1 aromatic heterocycles. The highest BCUT2D eigenvalue weighted by molar-refractivity contribution is 7.98. The van der Waals surface area contributed by atoms with E-state index in [9.17, 15) is 5.26 Å². The second-order valence-electron chi connectivity index (χ2n) is 5.12. The highest BCUT2D eigenvalue weighted by Gasteiger charge is 2.16. The van der Waals surface area contributed by atoms with E-state index in [0.717, 1.165) is 17.0 Å². The van der Waals surface area contributed by atoms with Crippen LogP contribution in [0.25, 0.3) is 11.3 Å². The number of ether oxygens (including phenoxy) is 1. The van der Waals surface area contributed by atoms with Crippen molar-refractivity contribution in [3.63, 3.8) is 0 Å². The number of nitrogens with one attached hydrogen (secondary N) is 1. The number of hydrogen-bond acceptors (Lipinski definition) is 6. The second kappa shape index (κ2) is 7.69. The highest BCUT2D eigenvalue weighted by atomic mass is 32.2. The Morgan fingerprint density at radius 3 is 2.56 bits per heavy atom. The van der Waals surface area contributed by atoms with Crippen molar-refractivity contribution in [3.8, 4) is 23.1 Å². The van der Waals surface area contributed by atoms with E-state index in [1.165, 1.54) is 11.8 Å². The van der Waals surface area contributed by atoms with Crippen LogP contribution in [0.2, 0.25) is 0 Å². The van der Waals surface area contributed by atoms with Gasteiger partial charge in [-0.15, -0.1) is 0 Å². The van der Waals surface area contributed by atoms with Gasteiger partial charge in [0.15, 0.2) is 11.0 Å². The third-order valence-electron chi connectivity index (χ3n) is 3.56. The van der Waals surface area contributed by atoms with Gasteiger partial charge >= 0.3 is 0 Å². The zero-order chi connectivity index (χ0) is 17.6. The van der Waals surface area contributed by atoms with Crippen molar-refractivity contribution in [3.05, 3.63) is 60.2 Å². The molecule has 124 valence electrons. The summed E-state index contributed by atoms with van der Waals surface area (Å²) in [6.45, 7) is 0. The first kappa shape index (κ1) is 16.8. The average molecular weight is 348 g/mol. The van der Waals surface area contributed by atoms with E-state index in [0.29, 0.717) is 22.2 Å². The van der Waals surface area contributed by atoms with Gasteiger partial charge in [0.1, 0.15) is 17.4 Å². The van der Waals surface area contributed by atoms with Gasteiger partial charge in [-0.2, -0.15) is 5.26 Å². The number of thioether (sulfide) groups is 1. The van der Waals surface area contributed by atoms with E-state index >= 15 is 0 Å². The third-order valence-corrected chi connectivity index (χ3v) is 4.11. The molecule has 0 spiro atoms. The van der Waals surface area contributed by atoms with Crippen LogP contribution in [0.4, 0.5) is 11.5 Å². The molecule has 3 aromatic rings. The van der Waals surface area contributed by atoms with Crippen LogP contribution in [-0.4, -0.2) is 23.3 Å². The molecule has 1 N–H and O–H groups in total. The van der Waals surface area contributed by atoms with Gasteiger partial charge < -0.3 is 10.1 Å². The Kier molecular flexibility index (Phi) is 5.17. The maximum atomic E-state index is 9.70. The van der Waals surface area contributed by atoms with Gasteiger partial charge in [0, 0.05) is 17.3 Å². The number of nitrogens with zero attached hydrogens (tertiary/aromatic N) is 3. The summed E-state index contributed by atoms with van der Waals surface area (Å²) >= 11 is 1.43. The molecule has 0 saturated carbocycles. The largest absolute Gasteiger partial charge is 0.497 e. The topological polar surface area (TPSA) is 70.8 Å².